The van der Waals surface area contributed by atoms with Gasteiger partial charge in [-0.3, -0.25) is 0 Å². The molecule has 146 valence electrons. The third kappa shape index (κ3) is 4.56. The van der Waals surface area contributed by atoms with E-state index in [0.29, 0.717) is 17.4 Å². The molecule has 3 aromatic carbocycles. The minimum Gasteiger partial charge on any atom is -0.429 e. The van der Waals surface area contributed by atoms with Crippen LogP contribution in [0.25, 0.3) is 10.8 Å². The smallest absolute Gasteiger partial charge is 0.426 e. The summed E-state index contributed by atoms with van der Waals surface area (Å²) in [7, 11) is 0. The van der Waals surface area contributed by atoms with Crippen LogP contribution in [-0.4, -0.2) is 0 Å². The predicted molar refractivity (Wildman–Crippen MR) is 107 cm³/mol. The lowest BCUT2D eigenvalue weighted by molar-refractivity contribution is -0.185. The first-order chi connectivity index (χ1) is 13.4. The average Bonchev–Trinajstić information content (AvgIpc) is 2.68. The average molecular weight is 384 g/mol. The molecular formula is C24H23F3O. The van der Waals surface area contributed by atoms with Crippen molar-refractivity contribution in [3.63, 3.8) is 0 Å². The van der Waals surface area contributed by atoms with E-state index in [1.165, 1.54) is 30.3 Å². The number of rotatable bonds is 7. The fourth-order valence-electron chi connectivity index (χ4n) is 3.12. The zero-order chi connectivity index (χ0) is 20.1. The van der Waals surface area contributed by atoms with E-state index in [4.69, 9.17) is 4.74 Å². The Kier molecular flexibility index (Phi) is 6.08. The van der Waals surface area contributed by atoms with Gasteiger partial charge in [0, 0.05) is 0 Å². The minimum atomic E-state index is -3.47. The maximum Gasteiger partial charge on any atom is 0.426 e. The molecule has 0 aliphatic rings. The fraction of sp³-hybridized carbons (Fsp3) is 0.250. The van der Waals surface area contributed by atoms with E-state index < -0.39 is 6.11 Å². The van der Waals surface area contributed by atoms with Gasteiger partial charge in [-0.15, -0.1) is 0 Å². The molecule has 4 heteroatoms. The molecule has 0 amide bonds. The molecule has 0 radical (unpaired) electrons. The Hall–Kier alpha value is -2.75. The Labute approximate surface area is 163 Å². The molecule has 0 saturated heterocycles. The number of ether oxygens (including phenoxy) is 1. The molecule has 1 nitrogen and oxygen atoms in total. The lowest BCUT2D eigenvalue weighted by atomic mass is 10.0. The molecule has 3 aromatic rings. The van der Waals surface area contributed by atoms with Gasteiger partial charge in [-0.2, -0.15) is 8.78 Å². The maximum atomic E-state index is 14.6. The molecule has 0 spiro atoms. The summed E-state index contributed by atoms with van der Waals surface area (Å²) in [5.41, 5.74) is 1.38. The van der Waals surface area contributed by atoms with Gasteiger partial charge in [-0.1, -0.05) is 37.3 Å². The number of hydrogen-bond acceptors (Lipinski definition) is 1. The lowest BCUT2D eigenvalue weighted by Gasteiger charge is -2.19. The monoisotopic (exact) mass is 384 g/mol. The second-order valence-corrected chi connectivity index (χ2v) is 6.73. The lowest BCUT2D eigenvalue weighted by Crippen LogP contribution is -2.21. The van der Waals surface area contributed by atoms with Gasteiger partial charge >= 0.3 is 6.11 Å². The van der Waals surface area contributed by atoms with E-state index in [0.717, 1.165) is 23.8 Å². The molecule has 0 fully saturated rings. The number of halogens is 3. The van der Waals surface area contributed by atoms with Crippen LogP contribution in [0.4, 0.5) is 13.2 Å². The highest BCUT2D eigenvalue weighted by molar-refractivity contribution is 5.84. The highest BCUT2D eigenvalue weighted by atomic mass is 19.3. The second-order valence-electron chi connectivity index (χ2n) is 6.73. The van der Waals surface area contributed by atoms with Crippen molar-refractivity contribution in [3.8, 4) is 5.75 Å². The molecule has 0 N–H and O–H groups in total. The summed E-state index contributed by atoms with van der Waals surface area (Å²) in [6.07, 6.45) is 2.77. The highest BCUT2D eigenvalue weighted by Gasteiger charge is 2.34. The predicted octanol–water partition coefficient (Wildman–Crippen LogP) is 7.18. The summed E-state index contributed by atoms with van der Waals surface area (Å²) < 4.78 is 48.1. The fourth-order valence-corrected chi connectivity index (χ4v) is 3.12. The number of alkyl halides is 2. The summed E-state index contributed by atoms with van der Waals surface area (Å²) >= 11 is 0. The molecule has 0 unspecified atom stereocenters. The Balaban J connectivity index is 1.79. The van der Waals surface area contributed by atoms with Crippen LogP contribution >= 0.6 is 0 Å². The van der Waals surface area contributed by atoms with Crippen molar-refractivity contribution in [2.24, 2.45) is 0 Å². The zero-order valence-corrected chi connectivity index (χ0v) is 16.0. The van der Waals surface area contributed by atoms with Gasteiger partial charge in [0.1, 0.15) is 11.6 Å². The van der Waals surface area contributed by atoms with Gasteiger partial charge in [-0.05, 0) is 84.5 Å². The molecule has 0 bridgehead atoms. The standard InChI is InChI=1S/C24H23F3O/c1-3-5-6-7-17-8-11-21(12-9-17)24(26,27)28-22-13-10-19-14-18(4-2)23(25)16-20(19)15-22/h3,5,8-16H,4,6-7H2,1-2H3/b5-3+. The first kappa shape index (κ1) is 20.0. The van der Waals surface area contributed by atoms with Crippen LogP contribution in [0.3, 0.4) is 0 Å². The zero-order valence-electron chi connectivity index (χ0n) is 16.0. The third-order valence-electron chi connectivity index (χ3n) is 4.73. The van der Waals surface area contributed by atoms with Crippen LogP contribution in [0.1, 0.15) is 37.0 Å². The SMILES string of the molecule is C/C=C/CCc1ccc(C(F)(F)Oc2ccc3cc(CC)c(F)cc3c2)cc1. The Morgan fingerprint density at radius 3 is 2.39 bits per heavy atom. The first-order valence-corrected chi connectivity index (χ1v) is 9.42. The molecular weight excluding hydrogens is 361 g/mol. The van der Waals surface area contributed by atoms with Gasteiger partial charge in [0.15, 0.2) is 0 Å². The Bertz CT molecular complexity index is 975. The molecule has 0 aliphatic carbocycles. The van der Waals surface area contributed by atoms with Crippen LogP contribution in [0.15, 0.2) is 66.7 Å². The van der Waals surface area contributed by atoms with E-state index >= 15 is 0 Å². The number of fused-ring (bicyclic) bond motifs is 1. The van der Waals surface area contributed by atoms with Crippen molar-refractivity contribution >= 4 is 10.8 Å². The molecule has 0 heterocycles. The van der Waals surface area contributed by atoms with E-state index in [1.807, 2.05) is 26.0 Å². The largest absolute Gasteiger partial charge is 0.429 e. The van der Waals surface area contributed by atoms with Gasteiger partial charge in [0.2, 0.25) is 0 Å². The quantitative estimate of drug-likeness (QED) is 0.392. The molecule has 0 aromatic heterocycles. The van der Waals surface area contributed by atoms with Crippen molar-refractivity contribution in [1.82, 2.24) is 0 Å². The molecule has 0 atom stereocenters. The van der Waals surface area contributed by atoms with Gasteiger partial charge in [-0.25, -0.2) is 4.39 Å². The Morgan fingerprint density at radius 2 is 1.71 bits per heavy atom. The van der Waals surface area contributed by atoms with Crippen molar-refractivity contribution < 1.29 is 17.9 Å². The van der Waals surface area contributed by atoms with E-state index in [9.17, 15) is 13.2 Å². The van der Waals surface area contributed by atoms with Crippen molar-refractivity contribution in [2.45, 2.75) is 39.2 Å². The topological polar surface area (TPSA) is 9.23 Å². The third-order valence-corrected chi connectivity index (χ3v) is 4.73. The van der Waals surface area contributed by atoms with Crippen LogP contribution in [-0.2, 0) is 19.0 Å². The van der Waals surface area contributed by atoms with Crippen molar-refractivity contribution in [2.75, 3.05) is 0 Å². The van der Waals surface area contributed by atoms with Crippen LogP contribution < -0.4 is 4.74 Å². The maximum absolute atomic E-state index is 14.6. The van der Waals surface area contributed by atoms with E-state index in [1.54, 1.807) is 24.3 Å². The molecule has 3 rings (SSSR count). The molecule has 28 heavy (non-hydrogen) atoms. The normalized spacial score (nSPS) is 12.0. The summed E-state index contributed by atoms with van der Waals surface area (Å²) in [4.78, 5) is 0. The second kappa shape index (κ2) is 8.51. The molecule has 0 saturated carbocycles. The summed E-state index contributed by atoms with van der Waals surface area (Å²) in [6.45, 7) is 3.82. The number of aryl methyl sites for hydroxylation is 2. The number of benzene rings is 3. The van der Waals surface area contributed by atoms with E-state index in [-0.39, 0.29) is 17.1 Å². The van der Waals surface area contributed by atoms with Crippen LogP contribution in [0, 0.1) is 5.82 Å². The van der Waals surface area contributed by atoms with Gasteiger partial charge in [0.05, 0.1) is 5.56 Å². The summed E-state index contributed by atoms with van der Waals surface area (Å²) in [5, 5.41) is 1.32. The van der Waals surface area contributed by atoms with Gasteiger partial charge < -0.3 is 4.74 Å². The highest BCUT2D eigenvalue weighted by Crippen LogP contribution is 2.33. The molecule has 0 aliphatic heterocycles. The summed E-state index contributed by atoms with van der Waals surface area (Å²) in [6, 6.07) is 13.9. The number of hydrogen-bond donors (Lipinski definition) is 0. The van der Waals surface area contributed by atoms with Crippen LogP contribution in [0.2, 0.25) is 0 Å². The number of allylic oxidation sites excluding steroid dienone is 2. The van der Waals surface area contributed by atoms with Crippen LogP contribution in [0.5, 0.6) is 5.75 Å². The minimum absolute atomic E-state index is 0.00157. The van der Waals surface area contributed by atoms with E-state index in [2.05, 4.69) is 0 Å². The van der Waals surface area contributed by atoms with Gasteiger partial charge in [0.25, 0.3) is 0 Å². The van der Waals surface area contributed by atoms with Crippen molar-refractivity contribution in [3.05, 3.63) is 89.3 Å². The Morgan fingerprint density at radius 1 is 0.964 bits per heavy atom. The first-order valence-electron chi connectivity index (χ1n) is 9.42. The summed E-state index contributed by atoms with van der Waals surface area (Å²) in [5.74, 6) is -0.342. The van der Waals surface area contributed by atoms with Crippen molar-refractivity contribution in [1.29, 1.82) is 0 Å².